The minimum atomic E-state index is 0.473. The van der Waals surface area contributed by atoms with Crippen LogP contribution in [0.2, 0.25) is 0 Å². The highest BCUT2D eigenvalue weighted by molar-refractivity contribution is 7.99. The standard InChI is InChI=1S/C10H17N3S/c1-3-14-10-6-9(11)13(12-10)7(2)8-4-5-8/h6-8H,3-5,11H2,1-2H3. The van der Waals surface area contributed by atoms with Crippen LogP contribution in [0, 0.1) is 5.92 Å². The van der Waals surface area contributed by atoms with Crippen LogP contribution in [0.1, 0.15) is 32.7 Å². The maximum absolute atomic E-state index is 5.93. The molecule has 0 amide bonds. The number of thioether (sulfide) groups is 1. The Labute approximate surface area is 89.1 Å². The van der Waals surface area contributed by atoms with Gasteiger partial charge in [0.15, 0.2) is 0 Å². The molecule has 1 atom stereocenters. The van der Waals surface area contributed by atoms with Crippen molar-refractivity contribution in [3.8, 4) is 0 Å². The van der Waals surface area contributed by atoms with Gasteiger partial charge < -0.3 is 5.73 Å². The van der Waals surface area contributed by atoms with E-state index in [-0.39, 0.29) is 0 Å². The normalized spacial score (nSPS) is 18.4. The van der Waals surface area contributed by atoms with Crippen molar-refractivity contribution in [1.82, 2.24) is 9.78 Å². The van der Waals surface area contributed by atoms with Gasteiger partial charge in [-0.3, -0.25) is 0 Å². The van der Waals surface area contributed by atoms with Crippen molar-refractivity contribution in [2.45, 2.75) is 37.8 Å². The highest BCUT2D eigenvalue weighted by Crippen LogP contribution is 2.40. The molecule has 1 aromatic heterocycles. The fourth-order valence-corrected chi connectivity index (χ4v) is 2.35. The van der Waals surface area contributed by atoms with Gasteiger partial charge in [-0.05, 0) is 31.4 Å². The third kappa shape index (κ3) is 1.90. The van der Waals surface area contributed by atoms with Gasteiger partial charge in [-0.1, -0.05) is 6.92 Å². The average Bonchev–Trinajstić information content (AvgIpc) is 2.91. The Morgan fingerprint density at radius 3 is 3.00 bits per heavy atom. The van der Waals surface area contributed by atoms with Gasteiger partial charge in [0.05, 0.1) is 6.04 Å². The summed E-state index contributed by atoms with van der Waals surface area (Å²) in [5.74, 6) is 2.66. The van der Waals surface area contributed by atoms with E-state index in [2.05, 4.69) is 18.9 Å². The van der Waals surface area contributed by atoms with Gasteiger partial charge in [-0.25, -0.2) is 4.68 Å². The zero-order chi connectivity index (χ0) is 10.1. The molecule has 2 N–H and O–H groups in total. The average molecular weight is 211 g/mol. The SMILES string of the molecule is CCSc1cc(N)n(C(C)C2CC2)n1. The van der Waals surface area contributed by atoms with Crippen molar-refractivity contribution in [2.75, 3.05) is 11.5 Å². The highest BCUT2D eigenvalue weighted by Gasteiger charge is 2.30. The zero-order valence-electron chi connectivity index (χ0n) is 8.73. The van der Waals surface area contributed by atoms with Crippen LogP contribution in [0.3, 0.4) is 0 Å². The number of nitrogen functional groups attached to an aromatic ring is 1. The second-order valence-corrected chi connectivity index (χ2v) is 5.15. The molecule has 1 fully saturated rings. The quantitative estimate of drug-likeness (QED) is 0.778. The van der Waals surface area contributed by atoms with Crippen LogP contribution in [0.25, 0.3) is 0 Å². The molecule has 78 valence electrons. The van der Waals surface area contributed by atoms with Crippen LogP contribution in [-0.2, 0) is 0 Å². The van der Waals surface area contributed by atoms with E-state index in [1.54, 1.807) is 11.8 Å². The summed E-state index contributed by atoms with van der Waals surface area (Å²) < 4.78 is 1.98. The second kappa shape index (κ2) is 3.85. The van der Waals surface area contributed by atoms with Crippen molar-refractivity contribution in [3.05, 3.63) is 6.07 Å². The predicted molar refractivity (Wildman–Crippen MR) is 60.5 cm³/mol. The second-order valence-electron chi connectivity index (χ2n) is 3.86. The van der Waals surface area contributed by atoms with Gasteiger partial charge >= 0.3 is 0 Å². The summed E-state index contributed by atoms with van der Waals surface area (Å²) in [6.07, 6.45) is 2.66. The number of nitrogens with zero attached hydrogens (tertiary/aromatic N) is 2. The van der Waals surface area contributed by atoms with Crippen LogP contribution in [-0.4, -0.2) is 15.5 Å². The number of hydrogen-bond acceptors (Lipinski definition) is 3. The van der Waals surface area contributed by atoms with Crippen LogP contribution >= 0.6 is 11.8 Å². The van der Waals surface area contributed by atoms with E-state index < -0.39 is 0 Å². The largest absolute Gasteiger partial charge is 0.384 e. The minimum Gasteiger partial charge on any atom is -0.384 e. The van der Waals surface area contributed by atoms with Crippen molar-refractivity contribution in [1.29, 1.82) is 0 Å². The predicted octanol–water partition coefficient (Wildman–Crippen LogP) is 2.55. The summed E-state index contributed by atoms with van der Waals surface area (Å²) in [5, 5.41) is 5.57. The Balaban J connectivity index is 2.15. The first-order valence-corrected chi connectivity index (χ1v) is 6.18. The van der Waals surface area contributed by atoms with Crippen molar-refractivity contribution >= 4 is 17.6 Å². The molecule has 2 rings (SSSR count). The molecule has 3 nitrogen and oxygen atoms in total. The third-order valence-corrected chi connectivity index (χ3v) is 3.51. The molecule has 0 bridgehead atoms. The Hall–Kier alpha value is -0.640. The molecule has 1 aromatic rings. The lowest BCUT2D eigenvalue weighted by Crippen LogP contribution is -2.11. The fraction of sp³-hybridized carbons (Fsp3) is 0.700. The molecule has 4 heteroatoms. The van der Waals surface area contributed by atoms with Gasteiger partial charge in [-0.2, -0.15) is 5.10 Å². The smallest absolute Gasteiger partial charge is 0.123 e. The Morgan fingerprint density at radius 2 is 2.43 bits per heavy atom. The lowest BCUT2D eigenvalue weighted by Gasteiger charge is -2.11. The third-order valence-electron chi connectivity index (χ3n) is 2.72. The Bertz CT molecular complexity index is 317. The number of nitrogens with two attached hydrogens (primary N) is 1. The first kappa shape index (κ1) is 9.90. The fourth-order valence-electron chi connectivity index (χ4n) is 1.71. The number of anilines is 1. The summed E-state index contributed by atoms with van der Waals surface area (Å²) in [4.78, 5) is 0. The minimum absolute atomic E-state index is 0.473. The number of aromatic nitrogens is 2. The zero-order valence-corrected chi connectivity index (χ0v) is 9.55. The van der Waals surface area contributed by atoms with Gasteiger partial charge in [0.25, 0.3) is 0 Å². The van der Waals surface area contributed by atoms with E-state index in [1.165, 1.54) is 12.8 Å². The summed E-state index contributed by atoms with van der Waals surface area (Å²) >= 11 is 1.75. The summed E-state index contributed by atoms with van der Waals surface area (Å²) in [5.41, 5.74) is 5.93. The summed E-state index contributed by atoms with van der Waals surface area (Å²) in [6.45, 7) is 4.34. The summed E-state index contributed by atoms with van der Waals surface area (Å²) in [7, 11) is 0. The number of hydrogen-bond donors (Lipinski definition) is 1. The van der Waals surface area contributed by atoms with Crippen LogP contribution < -0.4 is 5.73 Å². The first-order valence-electron chi connectivity index (χ1n) is 5.20. The number of rotatable bonds is 4. The molecule has 0 radical (unpaired) electrons. The van der Waals surface area contributed by atoms with E-state index >= 15 is 0 Å². The molecule has 1 aliphatic rings. The lowest BCUT2D eigenvalue weighted by atomic mass is 10.2. The van der Waals surface area contributed by atoms with Crippen molar-refractivity contribution in [2.24, 2.45) is 5.92 Å². The molecule has 1 unspecified atom stereocenters. The van der Waals surface area contributed by atoms with Gasteiger partial charge in [0.1, 0.15) is 10.8 Å². The van der Waals surface area contributed by atoms with E-state index in [0.29, 0.717) is 6.04 Å². The summed E-state index contributed by atoms with van der Waals surface area (Å²) in [6, 6.07) is 2.45. The van der Waals surface area contributed by atoms with Gasteiger partial charge in [0.2, 0.25) is 0 Å². The maximum atomic E-state index is 5.93. The van der Waals surface area contributed by atoms with E-state index in [1.807, 2.05) is 10.7 Å². The van der Waals surface area contributed by atoms with Crippen LogP contribution in [0.4, 0.5) is 5.82 Å². The molecule has 0 aliphatic heterocycles. The Kier molecular flexibility index (Phi) is 2.72. The first-order chi connectivity index (χ1) is 6.72. The topological polar surface area (TPSA) is 43.8 Å². The molecule has 0 spiro atoms. The lowest BCUT2D eigenvalue weighted by molar-refractivity contribution is 0.439. The molecule has 1 saturated carbocycles. The van der Waals surface area contributed by atoms with Gasteiger partial charge in [-0.15, -0.1) is 11.8 Å². The van der Waals surface area contributed by atoms with Crippen molar-refractivity contribution in [3.63, 3.8) is 0 Å². The molecular formula is C10H17N3S. The molecular weight excluding hydrogens is 194 g/mol. The van der Waals surface area contributed by atoms with Gasteiger partial charge in [0, 0.05) is 6.07 Å². The van der Waals surface area contributed by atoms with E-state index in [4.69, 9.17) is 5.73 Å². The van der Waals surface area contributed by atoms with Crippen LogP contribution in [0.15, 0.2) is 11.1 Å². The molecule has 1 heterocycles. The Morgan fingerprint density at radius 1 is 1.71 bits per heavy atom. The molecule has 0 saturated heterocycles. The van der Waals surface area contributed by atoms with Crippen molar-refractivity contribution < 1.29 is 0 Å². The van der Waals surface area contributed by atoms with E-state index in [0.717, 1.165) is 22.5 Å². The molecule has 1 aliphatic carbocycles. The maximum Gasteiger partial charge on any atom is 0.123 e. The highest BCUT2D eigenvalue weighted by atomic mass is 32.2. The molecule has 14 heavy (non-hydrogen) atoms. The molecule has 0 aromatic carbocycles. The van der Waals surface area contributed by atoms with E-state index in [9.17, 15) is 0 Å². The van der Waals surface area contributed by atoms with Crippen LogP contribution in [0.5, 0.6) is 0 Å². The monoisotopic (exact) mass is 211 g/mol.